The van der Waals surface area contributed by atoms with Crippen LogP contribution in [0.25, 0.3) is 0 Å². The van der Waals surface area contributed by atoms with Crippen LogP contribution in [0.1, 0.15) is 51.6 Å². The third kappa shape index (κ3) is 3.32. The van der Waals surface area contributed by atoms with Gasteiger partial charge >= 0.3 is 0 Å². The first-order valence-corrected chi connectivity index (χ1v) is 6.90. The number of aromatic amines is 1. The predicted molar refractivity (Wildman–Crippen MR) is 71.1 cm³/mol. The first-order chi connectivity index (χ1) is 8.16. The monoisotopic (exact) mass is 235 g/mol. The SMILES string of the molecule is CC(C)CC(C)N1CCCC(c2ccn[nH]2)C1. The van der Waals surface area contributed by atoms with E-state index in [1.807, 2.05) is 6.20 Å². The lowest BCUT2D eigenvalue weighted by atomic mass is 9.92. The van der Waals surface area contributed by atoms with Crippen molar-refractivity contribution in [2.45, 2.75) is 52.0 Å². The van der Waals surface area contributed by atoms with Crippen LogP contribution >= 0.6 is 0 Å². The zero-order valence-electron chi connectivity index (χ0n) is 11.3. The summed E-state index contributed by atoms with van der Waals surface area (Å²) in [5, 5.41) is 7.20. The summed E-state index contributed by atoms with van der Waals surface area (Å²) in [6, 6.07) is 2.84. The molecule has 17 heavy (non-hydrogen) atoms. The second-order valence-corrected chi connectivity index (χ2v) is 5.82. The summed E-state index contributed by atoms with van der Waals surface area (Å²) in [7, 11) is 0. The summed E-state index contributed by atoms with van der Waals surface area (Å²) < 4.78 is 0. The molecule has 1 saturated heterocycles. The maximum atomic E-state index is 4.07. The minimum Gasteiger partial charge on any atom is -0.300 e. The number of likely N-dealkylation sites (tertiary alicyclic amines) is 1. The molecule has 0 spiro atoms. The van der Waals surface area contributed by atoms with Gasteiger partial charge in [-0.05, 0) is 44.7 Å². The van der Waals surface area contributed by atoms with Gasteiger partial charge in [-0.25, -0.2) is 0 Å². The number of piperidine rings is 1. The van der Waals surface area contributed by atoms with E-state index in [1.54, 1.807) is 0 Å². The minimum absolute atomic E-state index is 0.654. The Kier molecular flexibility index (Phi) is 4.21. The molecular formula is C14H25N3. The van der Waals surface area contributed by atoms with Crippen LogP contribution in [-0.4, -0.2) is 34.2 Å². The zero-order chi connectivity index (χ0) is 12.3. The molecule has 2 atom stereocenters. The standard InChI is InChI=1S/C14H25N3/c1-11(2)9-12(3)17-8-4-5-13(10-17)14-6-7-15-16-14/h6-7,11-13H,4-5,8-10H2,1-3H3,(H,15,16). The molecule has 0 aromatic carbocycles. The summed E-state index contributed by atoms with van der Waals surface area (Å²) in [5.74, 6) is 1.44. The van der Waals surface area contributed by atoms with Crippen LogP contribution in [0.4, 0.5) is 0 Å². The van der Waals surface area contributed by atoms with E-state index in [2.05, 4.69) is 41.9 Å². The highest BCUT2D eigenvalue weighted by molar-refractivity contribution is 5.07. The largest absolute Gasteiger partial charge is 0.300 e. The highest BCUT2D eigenvalue weighted by atomic mass is 15.2. The molecule has 3 nitrogen and oxygen atoms in total. The van der Waals surface area contributed by atoms with Crippen molar-refractivity contribution in [1.82, 2.24) is 15.1 Å². The molecule has 3 heteroatoms. The lowest BCUT2D eigenvalue weighted by Crippen LogP contribution is -2.41. The number of hydrogen-bond acceptors (Lipinski definition) is 2. The first kappa shape index (κ1) is 12.6. The Labute approximate surface area is 105 Å². The predicted octanol–water partition coefficient (Wildman–Crippen LogP) is 3.02. The highest BCUT2D eigenvalue weighted by Gasteiger charge is 2.25. The lowest BCUT2D eigenvalue weighted by molar-refractivity contribution is 0.141. The second-order valence-electron chi connectivity index (χ2n) is 5.82. The summed E-state index contributed by atoms with van der Waals surface area (Å²) in [5.41, 5.74) is 1.31. The Morgan fingerprint density at radius 3 is 2.94 bits per heavy atom. The van der Waals surface area contributed by atoms with E-state index in [0.29, 0.717) is 12.0 Å². The molecule has 0 amide bonds. The van der Waals surface area contributed by atoms with Crippen molar-refractivity contribution in [2.75, 3.05) is 13.1 Å². The van der Waals surface area contributed by atoms with Gasteiger partial charge in [0.05, 0.1) is 0 Å². The molecular weight excluding hydrogens is 210 g/mol. The maximum absolute atomic E-state index is 4.07. The van der Waals surface area contributed by atoms with E-state index in [-0.39, 0.29) is 0 Å². The summed E-state index contributed by atoms with van der Waals surface area (Å²) in [6.45, 7) is 9.45. The van der Waals surface area contributed by atoms with Gasteiger partial charge in [0.1, 0.15) is 0 Å². The molecule has 1 fully saturated rings. The fraction of sp³-hybridized carbons (Fsp3) is 0.786. The Hall–Kier alpha value is -0.830. The van der Waals surface area contributed by atoms with Crippen molar-refractivity contribution in [3.63, 3.8) is 0 Å². The second kappa shape index (κ2) is 5.67. The van der Waals surface area contributed by atoms with Crippen molar-refractivity contribution in [3.05, 3.63) is 18.0 Å². The number of H-pyrrole nitrogens is 1. The van der Waals surface area contributed by atoms with E-state index in [1.165, 1.54) is 38.0 Å². The van der Waals surface area contributed by atoms with Gasteiger partial charge in [-0.3, -0.25) is 10.00 Å². The van der Waals surface area contributed by atoms with Crippen molar-refractivity contribution in [2.24, 2.45) is 5.92 Å². The number of aromatic nitrogens is 2. The minimum atomic E-state index is 0.654. The van der Waals surface area contributed by atoms with Gasteiger partial charge in [0, 0.05) is 30.4 Å². The Balaban J connectivity index is 1.93. The molecule has 1 aromatic heterocycles. The number of rotatable bonds is 4. The molecule has 0 saturated carbocycles. The lowest BCUT2D eigenvalue weighted by Gasteiger charge is -2.37. The van der Waals surface area contributed by atoms with Gasteiger partial charge in [-0.2, -0.15) is 5.10 Å². The van der Waals surface area contributed by atoms with Gasteiger partial charge < -0.3 is 0 Å². The molecule has 0 bridgehead atoms. The molecule has 0 radical (unpaired) electrons. The third-order valence-electron chi connectivity index (χ3n) is 3.85. The van der Waals surface area contributed by atoms with Crippen molar-refractivity contribution in [3.8, 4) is 0 Å². The molecule has 1 aliphatic rings. The topological polar surface area (TPSA) is 31.9 Å². The van der Waals surface area contributed by atoms with Crippen molar-refractivity contribution < 1.29 is 0 Å². The van der Waals surface area contributed by atoms with E-state index in [0.717, 1.165) is 5.92 Å². The Bertz CT molecular complexity index is 318. The maximum Gasteiger partial charge on any atom is 0.0490 e. The van der Waals surface area contributed by atoms with Crippen LogP contribution in [-0.2, 0) is 0 Å². The molecule has 2 heterocycles. The zero-order valence-corrected chi connectivity index (χ0v) is 11.3. The third-order valence-corrected chi connectivity index (χ3v) is 3.85. The number of nitrogens with one attached hydrogen (secondary N) is 1. The van der Waals surface area contributed by atoms with Gasteiger partial charge in [0.15, 0.2) is 0 Å². The molecule has 2 unspecified atom stereocenters. The van der Waals surface area contributed by atoms with Crippen LogP contribution in [0.3, 0.4) is 0 Å². The van der Waals surface area contributed by atoms with Gasteiger partial charge in [0.25, 0.3) is 0 Å². The molecule has 96 valence electrons. The van der Waals surface area contributed by atoms with Crippen LogP contribution < -0.4 is 0 Å². The Morgan fingerprint density at radius 1 is 1.47 bits per heavy atom. The van der Waals surface area contributed by atoms with E-state index in [4.69, 9.17) is 0 Å². The fourth-order valence-corrected chi connectivity index (χ4v) is 2.99. The quantitative estimate of drug-likeness (QED) is 0.870. The van der Waals surface area contributed by atoms with E-state index < -0.39 is 0 Å². The average Bonchev–Trinajstić information content (AvgIpc) is 2.82. The summed E-state index contributed by atoms with van der Waals surface area (Å²) in [4.78, 5) is 2.65. The van der Waals surface area contributed by atoms with Gasteiger partial charge in [-0.15, -0.1) is 0 Å². The number of hydrogen-bond donors (Lipinski definition) is 1. The Morgan fingerprint density at radius 2 is 2.29 bits per heavy atom. The fourth-order valence-electron chi connectivity index (χ4n) is 2.99. The molecule has 1 aromatic rings. The van der Waals surface area contributed by atoms with Gasteiger partial charge in [0.2, 0.25) is 0 Å². The number of nitrogens with zero attached hydrogens (tertiary/aromatic N) is 2. The smallest absolute Gasteiger partial charge is 0.0490 e. The van der Waals surface area contributed by atoms with Crippen LogP contribution in [0.15, 0.2) is 12.3 Å². The normalized spacial score (nSPS) is 24.1. The molecule has 1 N–H and O–H groups in total. The van der Waals surface area contributed by atoms with Crippen molar-refractivity contribution in [1.29, 1.82) is 0 Å². The van der Waals surface area contributed by atoms with E-state index >= 15 is 0 Å². The van der Waals surface area contributed by atoms with Crippen molar-refractivity contribution >= 4 is 0 Å². The van der Waals surface area contributed by atoms with Gasteiger partial charge in [-0.1, -0.05) is 13.8 Å². The average molecular weight is 235 g/mol. The van der Waals surface area contributed by atoms with Crippen LogP contribution in [0.2, 0.25) is 0 Å². The van der Waals surface area contributed by atoms with Crippen LogP contribution in [0.5, 0.6) is 0 Å². The molecule has 1 aliphatic heterocycles. The molecule has 2 rings (SSSR count). The van der Waals surface area contributed by atoms with Crippen LogP contribution in [0, 0.1) is 5.92 Å². The first-order valence-electron chi connectivity index (χ1n) is 6.90. The van der Waals surface area contributed by atoms with E-state index in [9.17, 15) is 0 Å². The summed E-state index contributed by atoms with van der Waals surface area (Å²) >= 11 is 0. The summed E-state index contributed by atoms with van der Waals surface area (Å²) in [6.07, 6.45) is 5.78. The highest BCUT2D eigenvalue weighted by Crippen LogP contribution is 2.27. The molecule has 0 aliphatic carbocycles.